The average Bonchev–Trinajstić information content (AvgIpc) is 2.89. The molecule has 1 saturated carbocycles. The van der Waals surface area contributed by atoms with Crippen molar-refractivity contribution in [1.82, 2.24) is 4.90 Å². The fourth-order valence-corrected chi connectivity index (χ4v) is 2.40. The van der Waals surface area contributed by atoms with E-state index in [2.05, 4.69) is 4.90 Å². The second kappa shape index (κ2) is 3.75. The van der Waals surface area contributed by atoms with Gasteiger partial charge in [0.05, 0.1) is 0 Å². The summed E-state index contributed by atoms with van der Waals surface area (Å²) in [6.07, 6.45) is 5.65. The van der Waals surface area contributed by atoms with Crippen molar-refractivity contribution < 1.29 is 0 Å². The Morgan fingerprint density at radius 2 is 1.92 bits per heavy atom. The molecule has 0 spiro atoms. The molecule has 1 saturated heterocycles. The fraction of sp³-hybridized carbons (Fsp3) is 1.00. The third-order valence-electron chi connectivity index (χ3n) is 3.28. The summed E-state index contributed by atoms with van der Waals surface area (Å²) in [4.78, 5) is 2.55. The maximum absolute atomic E-state index is 5.70. The zero-order valence-electron chi connectivity index (χ0n) is 7.84. The van der Waals surface area contributed by atoms with Crippen LogP contribution in [0.2, 0.25) is 0 Å². The number of hydrogen-bond acceptors (Lipinski definition) is 2. The van der Waals surface area contributed by atoms with Gasteiger partial charge in [0.2, 0.25) is 0 Å². The molecule has 0 aromatic carbocycles. The second-order valence-corrected chi connectivity index (χ2v) is 4.43. The van der Waals surface area contributed by atoms with Crippen LogP contribution >= 0.6 is 0 Å². The van der Waals surface area contributed by atoms with Crippen LogP contribution in [-0.4, -0.2) is 31.1 Å². The van der Waals surface area contributed by atoms with E-state index in [1.165, 1.54) is 45.3 Å². The standard InChI is InChI=1S/C10H20N2/c11-7-9-2-1-3-10(6-9)8-12-4-5-12/h9-10H,1-8,11H2. The summed E-state index contributed by atoms with van der Waals surface area (Å²) in [6, 6.07) is 0. The van der Waals surface area contributed by atoms with Gasteiger partial charge < -0.3 is 10.6 Å². The van der Waals surface area contributed by atoms with Crippen LogP contribution in [-0.2, 0) is 0 Å². The van der Waals surface area contributed by atoms with Crippen molar-refractivity contribution in [3.8, 4) is 0 Å². The predicted octanol–water partition coefficient (Wildman–Crippen LogP) is 1.07. The minimum absolute atomic E-state index is 0.837. The quantitative estimate of drug-likeness (QED) is 0.639. The largest absolute Gasteiger partial charge is 0.330 e. The molecular weight excluding hydrogens is 148 g/mol. The SMILES string of the molecule is NCC1CCCC(CN2CC2)C1. The highest BCUT2D eigenvalue weighted by molar-refractivity contribution is 4.80. The van der Waals surface area contributed by atoms with E-state index in [1.807, 2.05) is 0 Å². The zero-order valence-corrected chi connectivity index (χ0v) is 7.84. The van der Waals surface area contributed by atoms with Gasteiger partial charge in [-0.3, -0.25) is 0 Å². The molecule has 0 aromatic rings. The van der Waals surface area contributed by atoms with E-state index < -0.39 is 0 Å². The van der Waals surface area contributed by atoms with E-state index in [-0.39, 0.29) is 0 Å². The summed E-state index contributed by atoms with van der Waals surface area (Å²) in [7, 11) is 0. The lowest BCUT2D eigenvalue weighted by atomic mass is 9.81. The number of nitrogens with zero attached hydrogens (tertiary/aromatic N) is 1. The molecule has 0 amide bonds. The van der Waals surface area contributed by atoms with Crippen LogP contribution in [0.25, 0.3) is 0 Å². The first kappa shape index (κ1) is 8.52. The van der Waals surface area contributed by atoms with Crippen molar-refractivity contribution in [2.75, 3.05) is 26.2 Å². The Bertz CT molecular complexity index is 143. The van der Waals surface area contributed by atoms with Gasteiger partial charge in [0.25, 0.3) is 0 Å². The first-order valence-corrected chi connectivity index (χ1v) is 5.31. The lowest BCUT2D eigenvalue weighted by Crippen LogP contribution is -2.26. The number of nitrogens with two attached hydrogens (primary N) is 1. The molecule has 2 nitrogen and oxygen atoms in total. The minimum Gasteiger partial charge on any atom is -0.330 e. The van der Waals surface area contributed by atoms with E-state index in [1.54, 1.807) is 0 Å². The summed E-state index contributed by atoms with van der Waals surface area (Å²) in [6.45, 7) is 4.97. The first-order valence-electron chi connectivity index (χ1n) is 5.31. The van der Waals surface area contributed by atoms with Gasteiger partial charge in [0.15, 0.2) is 0 Å². The van der Waals surface area contributed by atoms with Gasteiger partial charge >= 0.3 is 0 Å². The normalized spacial score (nSPS) is 36.8. The van der Waals surface area contributed by atoms with Crippen LogP contribution in [0.5, 0.6) is 0 Å². The van der Waals surface area contributed by atoms with Crippen molar-refractivity contribution >= 4 is 0 Å². The van der Waals surface area contributed by atoms with Gasteiger partial charge in [-0.05, 0) is 37.6 Å². The molecule has 0 bridgehead atoms. The van der Waals surface area contributed by atoms with Gasteiger partial charge in [-0.2, -0.15) is 0 Å². The second-order valence-electron chi connectivity index (χ2n) is 4.43. The number of hydrogen-bond donors (Lipinski definition) is 1. The third-order valence-corrected chi connectivity index (χ3v) is 3.28. The molecule has 70 valence electrons. The van der Waals surface area contributed by atoms with Crippen LogP contribution < -0.4 is 5.73 Å². The molecule has 2 fully saturated rings. The Balaban J connectivity index is 1.73. The molecule has 2 N–H and O–H groups in total. The molecule has 0 radical (unpaired) electrons. The Labute approximate surface area is 75.1 Å². The fourth-order valence-electron chi connectivity index (χ4n) is 2.40. The molecule has 1 aliphatic heterocycles. The lowest BCUT2D eigenvalue weighted by Gasteiger charge is -2.28. The summed E-state index contributed by atoms with van der Waals surface area (Å²) in [5.41, 5.74) is 5.70. The maximum Gasteiger partial charge on any atom is 0.0110 e. The monoisotopic (exact) mass is 168 g/mol. The maximum atomic E-state index is 5.70. The van der Waals surface area contributed by atoms with Crippen LogP contribution in [0.15, 0.2) is 0 Å². The van der Waals surface area contributed by atoms with Gasteiger partial charge in [-0.25, -0.2) is 0 Å². The Kier molecular flexibility index (Phi) is 2.66. The van der Waals surface area contributed by atoms with Gasteiger partial charge in [-0.15, -0.1) is 0 Å². The molecule has 2 rings (SSSR count). The molecule has 1 aliphatic carbocycles. The van der Waals surface area contributed by atoms with Crippen LogP contribution in [0.1, 0.15) is 25.7 Å². The highest BCUT2D eigenvalue weighted by Gasteiger charge is 2.26. The van der Waals surface area contributed by atoms with E-state index in [9.17, 15) is 0 Å². The van der Waals surface area contributed by atoms with Crippen molar-refractivity contribution in [3.63, 3.8) is 0 Å². The summed E-state index contributed by atoms with van der Waals surface area (Å²) in [5, 5.41) is 0. The summed E-state index contributed by atoms with van der Waals surface area (Å²) >= 11 is 0. The first-order chi connectivity index (χ1) is 5.88. The number of rotatable bonds is 3. The van der Waals surface area contributed by atoms with Crippen LogP contribution in [0, 0.1) is 11.8 Å². The highest BCUT2D eigenvalue weighted by atomic mass is 15.3. The summed E-state index contributed by atoms with van der Waals surface area (Å²) < 4.78 is 0. The molecule has 0 aromatic heterocycles. The molecule has 2 aliphatic rings. The van der Waals surface area contributed by atoms with E-state index in [0.717, 1.165) is 18.4 Å². The molecule has 12 heavy (non-hydrogen) atoms. The van der Waals surface area contributed by atoms with Crippen molar-refractivity contribution in [2.45, 2.75) is 25.7 Å². The van der Waals surface area contributed by atoms with Crippen LogP contribution in [0.3, 0.4) is 0 Å². The zero-order chi connectivity index (χ0) is 8.39. The lowest BCUT2D eigenvalue weighted by molar-refractivity contribution is 0.244. The van der Waals surface area contributed by atoms with Crippen LogP contribution in [0.4, 0.5) is 0 Å². The van der Waals surface area contributed by atoms with Crippen molar-refractivity contribution in [1.29, 1.82) is 0 Å². The van der Waals surface area contributed by atoms with Gasteiger partial charge in [-0.1, -0.05) is 6.42 Å². The highest BCUT2D eigenvalue weighted by Crippen LogP contribution is 2.29. The smallest absolute Gasteiger partial charge is 0.0110 e. The van der Waals surface area contributed by atoms with Gasteiger partial charge in [0.1, 0.15) is 0 Å². The Morgan fingerprint density at radius 3 is 2.58 bits per heavy atom. The predicted molar refractivity (Wildman–Crippen MR) is 50.9 cm³/mol. The topological polar surface area (TPSA) is 29.0 Å². The van der Waals surface area contributed by atoms with E-state index in [0.29, 0.717) is 0 Å². The Hall–Kier alpha value is -0.0800. The molecule has 2 atom stereocenters. The third kappa shape index (κ3) is 2.20. The molecule has 1 heterocycles. The molecule has 2 unspecified atom stereocenters. The van der Waals surface area contributed by atoms with Crippen molar-refractivity contribution in [2.24, 2.45) is 17.6 Å². The average molecular weight is 168 g/mol. The van der Waals surface area contributed by atoms with E-state index >= 15 is 0 Å². The Morgan fingerprint density at radius 1 is 1.17 bits per heavy atom. The van der Waals surface area contributed by atoms with Crippen molar-refractivity contribution in [3.05, 3.63) is 0 Å². The van der Waals surface area contributed by atoms with Gasteiger partial charge in [0, 0.05) is 19.6 Å². The van der Waals surface area contributed by atoms with E-state index in [4.69, 9.17) is 5.73 Å². The minimum atomic E-state index is 0.837. The molecule has 2 heteroatoms. The summed E-state index contributed by atoms with van der Waals surface area (Å²) in [5.74, 6) is 1.80. The molecular formula is C10H20N2.